The van der Waals surface area contributed by atoms with Gasteiger partial charge in [-0.1, -0.05) is 23.7 Å². The van der Waals surface area contributed by atoms with Crippen LogP contribution in [0.15, 0.2) is 40.9 Å². The Hall–Kier alpha value is -0.920. The Bertz CT molecular complexity index is 701. The van der Waals surface area contributed by atoms with Gasteiger partial charge in [-0.05, 0) is 40.2 Å². The number of amides is 1. The number of para-hydroxylation sites is 1. The van der Waals surface area contributed by atoms with Crippen LogP contribution in [0, 0.1) is 0 Å². The molecule has 1 amide bonds. The topological polar surface area (TPSA) is 35.6 Å². The summed E-state index contributed by atoms with van der Waals surface area (Å²) in [4.78, 5) is 18.1. The zero-order valence-electron chi connectivity index (χ0n) is 13.2. The van der Waals surface area contributed by atoms with Crippen LogP contribution in [0.3, 0.4) is 0 Å². The van der Waals surface area contributed by atoms with Crippen LogP contribution in [0.25, 0.3) is 0 Å². The number of anilines is 1. The van der Waals surface area contributed by atoms with Crippen LogP contribution in [0.2, 0.25) is 4.34 Å². The lowest BCUT2D eigenvalue weighted by atomic mass is 10.3. The molecule has 2 heterocycles. The third-order valence-electron chi connectivity index (χ3n) is 3.99. The van der Waals surface area contributed by atoms with E-state index < -0.39 is 0 Å². The van der Waals surface area contributed by atoms with E-state index >= 15 is 0 Å². The highest BCUT2D eigenvalue weighted by Crippen LogP contribution is 2.23. The van der Waals surface area contributed by atoms with Crippen LogP contribution in [0.4, 0.5) is 5.69 Å². The fraction of sp³-hybridized carbons (Fsp3) is 0.353. The van der Waals surface area contributed by atoms with Gasteiger partial charge in [-0.25, -0.2) is 0 Å². The molecular weight excluding hydrogens is 410 g/mol. The van der Waals surface area contributed by atoms with E-state index in [1.54, 1.807) is 11.3 Å². The van der Waals surface area contributed by atoms with E-state index in [-0.39, 0.29) is 5.91 Å². The molecule has 0 unspecified atom stereocenters. The number of carbonyl (C=O) groups is 1. The second-order valence-corrected chi connectivity index (χ2v) is 8.44. The van der Waals surface area contributed by atoms with Crippen molar-refractivity contribution in [1.29, 1.82) is 0 Å². The van der Waals surface area contributed by atoms with Gasteiger partial charge >= 0.3 is 0 Å². The minimum atomic E-state index is 0.0281. The summed E-state index contributed by atoms with van der Waals surface area (Å²) in [5, 5.41) is 2.96. The van der Waals surface area contributed by atoms with Gasteiger partial charge in [0.25, 0.3) is 0 Å². The van der Waals surface area contributed by atoms with Crippen molar-refractivity contribution in [1.82, 2.24) is 9.80 Å². The minimum Gasteiger partial charge on any atom is -0.324 e. The standard InChI is InChI=1S/C17H19BrClN3OS/c18-14-3-1-2-4-15(14)20-17(23)12-22-9-7-21(8-10-22)11-13-5-6-16(19)24-13/h1-6H,7-12H2,(H,20,23). The molecule has 1 aromatic carbocycles. The lowest BCUT2D eigenvalue weighted by Crippen LogP contribution is -2.48. The van der Waals surface area contributed by atoms with Crippen molar-refractivity contribution in [3.05, 3.63) is 50.1 Å². The second-order valence-electron chi connectivity index (χ2n) is 5.79. The van der Waals surface area contributed by atoms with E-state index in [1.807, 2.05) is 30.3 Å². The summed E-state index contributed by atoms with van der Waals surface area (Å²) >= 11 is 11.1. The van der Waals surface area contributed by atoms with Crippen LogP contribution >= 0.6 is 38.9 Å². The molecule has 1 fully saturated rings. The van der Waals surface area contributed by atoms with Crippen molar-refractivity contribution in [2.24, 2.45) is 0 Å². The SMILES string of the molecule is O=C(CN1CCN(Cc2ccc(Cl)s2)CC1)Nc1ccccc1Br. The monoisotopic (exact) mass is 427 g/mol. The van der Waals surface area contributed by atoms with Crippen molar-refractivity contribution >= 4 is 50.5 Å². The highest BCUT2D eigenvalue weighted by Gasteiger charge is 2.19. The highest BCUT2D eigenvalue weighted by molar-refractivity contribution is 9.10. The Morgan fingerprint density at radius 1 is 1.12 bits per heavy atom. The molecule has 128 valence electrons. The first-order chi connectivity index (χ1) is 11.6. The summed E-state index contributed by atoms with van der Waals surface area (Å²) in [6.07, 6.45) is 0. The zero-order chi connectivity index (χ0) is 16.9. The maximum absolute atomic E-state index is 12.2. The van der Waals surface area contributed by atoms with Gasteiger partial charge in [0.05, 0.1) is 16.6 Å². The van der Waals surface area contributed by atoms with Gasteiger partial charge in [0.15, 0.2) is 0 Å². The predicted octanol–water partition coefficient (Wildman–Crippen LogP) is 3.92. The first-order valence-electron chi connectivity index (χ1n) is 7.83. The van der Waals surface area contributed by atoms with Crippen molar-refractivity contribution < 1.29 is 4.79 Å². The summed E-state index contributed by atoms with van der Waals surface area (Å²) in [7, 11) is 0. The summed E-state index contributed by atoms with van der Waals surface area (Å²) in [6.45, 7) is 5.12. The molecule has 1 aromatic heterocycles. The molecule has 1 N–H and O–H groups in total. The minimum absolute atomic E-state index is 0.0281. The van der Waals surface area contributed by atoms with E-state index in [1.165, 1.54) is 4.88 Å². The molecule has 4 nitrogen and oxygen atoms in total. The summed E-state index contributed by atoms with van der Waals surface area (Å²) in [5.41, 5.74) is 0.815. The van der Waals surface area contributed by atoms with Crippen molar-refractivity contribution in [2.45, 2.75) is 6.54 Å². The Morgan fingerprint density at radius 3 is 2.50 bits per heavy atom. The third kappa shape index (κ3) is 5.04. The molecule has 1 aliphatic heterocycles. The van der Waals surface area contributed by atoms with Gasteiger partial charge in [-0.3, -0.25) is 14.6 Å². The smallest absolute Gasteiger partial charge is 0.238 e. The number of nitrogens with zero attached hydrogens (tertiary/aromatic N) is 2. The Balaban J connectivity index is 1.43. The van der Waals surface area contributed by atoms with Crippen LogP contribution in [-0.2, 0) is 11.3 Å². The molecule has 0 spiro atoms. The summed E-state index contributed by atoms with van der Waals surface area (Å²) in [6, 6.07) is 11.7. The lowest BCUT2D eigenvalue weighted by molar-refractivity contribution is -0.117. The molecular formula is C17H19BrClN3OS. The molecule has 1 saturated heterocycles. The van der Waals surface area contributed by atoms with E-state index in [2.05, 4.69) is 37.1 Å². The number of rotatable bonds is 5. The molecule has 7 heteroatoms. The third-order valence-corrected chi connectivity index (χ3v) is 5.90. The second kappa shape index (κ2) is 8.45. The molecule has 2 aromatic rings. The Labute approximate surface area is 159 Å². The summed E-state index contributed by atoms with van der Waals surface area (Å²) < 4.78 is 1.74. The zero-order valence-corrected chi connectivity index (χ0v) is 16.3. The fourth-order valence-electron chi connectivity index (χ4n) is 2.72. The molecule has 0 radical (unpaired) electrons. The van der Waals surface area contributed by atoms with Crippen LogP contribution in [0.5, 0.6) is 0 Å². The number of halogens is 2. The van der Waals surface area contributed by atoms with Crippen LogP contribution < -0.4 is 5.32 Å². The molecule has 24 heavy (non-hydrogen) atoms. The van der Waals surface area contributed by atoms with Gasteiger partial charge < -0.3 is 5.32 Å². The quantitative estimate of drug-likeness (QED) is 0.784. The molecule has 0 atom stereocenters. The molecule has 0 bridgehead atoms. The van der Waals surface area contributed by atoms with E-state index in [4.69, 9.17) is 11.6 Å². The fourth-order valence-corrected chi connectivity index (χ4v) is 4.23. The predicted molar refractivity (Wildman–Crippen MR) is 104 cm³/mol. The maximum Gasteiger partial charge on any atom is 0.238 e. The van der Waals surface area contributed by atoms with Gasteiger partial charge in [0, 0.05) is 42.1 Å². The first-order valence-corrected chi connectivity index (χ1v) is 9.82. The summed E-state index contributed by atoms with van der Waals surface area (Å²) in [5.74, 6) is 0.0281. The molecule has 3 rings (SSSR count). The van der Waals surface area contributed by atoms with Gasteiger partial charge in [0.1, 0.15) is 0 Å². The number of nitrogens with one attached hydrogen (secondary N) is 1. The van der Waals surface area contributed by atoms with Gasteiger partial charge in [0.2, 0.25) is 5.91 Å². The van der Waals surface area contributed by atoms with Crippen LogP contribution in [-0.4, -0.2) is 48.4 Å². The highest BCUT2D eigenvalue weighted by atomic mass is 79.9. The van der Waals surface area contributed by atoms with Gasteiger partial charge in [-0.2, -0.15) is 0 Å². The van der Waals surface area contributed by atoms with Crippen molar-refractivity contribution in [2.75, 3.05) is 38.0 Å². The lowest BCUT2D eigenvalue weighted by Gasteiger charge is -2.34. The average molecular weight is 429 g/mol. The van der Waals surface area contributed by atoms with Crippen molar-refractivity contribution in [3.63, 3.8) is 0 Å². The van der Waals surface area contributed by atoms with E-state index in [9.17, 15) is 4.79 Å². The number of hydrogen-bond donors (Lipinski definition) is 1. The van der Waals surface area contributed by atoms with E-state index in [0.29, 0.717) is 6.54 Å². The van der Waals surface area contributed by atoms with Gasteiger partial charge in [-0.15, -0.1) is 11.3 Å². The number of thiophene rings is 1. The number of carbonyl (C=O) groups excluding carboxylic acids is 1. The average Bonchev–Trinajstić information content (AvgIpc) is 2.96. The number of piperazine rings is 1. The normalized spacial score (nSPS) is 16.2. The van der Waals surface area contributed by atoms with Crippen molar-refractivity contribution in [3.8, 4) is 0 Å². The first kappa shape index (κ1) is 17.9. The maximum atomic E-state index is 12.2. The molecule has 0 aliphatic carbocycles. The Morgan fingerprint density at radius 2 is 1.83 bits per heavy atom. The number of benzene rings is 1. The number of hydrogen-bond acceptors (Lipinski definition) is 4. The Kier molecular flexibility index (Phi) is 6.30. The molecule has 1 aliphatic rings. The van der Waals surface area contributed by atoms with E-state index in [0.717, 1.165) is 47.2 Å². The largest absolute Gasteiger partial charge is 0.324 e. The molecule has 0 saturated carbocycles. The van der Waals surface area contributed by atoms with Crippen LogP contribution in [0.1, 0.15) is 4.88 Å².